The lowest BCUT2D eigenvalue weighted by Crippen LogP contribution is -2.40. The molecule has 0 aromatic heterocycles. The first kappa shape index (κ1) is 17.6. The van der Waals surface area contributed by atoms with Gasteiger partial charge in [-0.3, -0.25) is 0 Å². The zero-order chi connectivity index (χ0) is 17.4. The second-order valence-corrected chi connectivity index (χ2v) is 7.71. The molecule has 0 N–H and O–H groups in total. The largest absolute Gasteiger partial charge is 0.477 e. The van der Waals surface area contributed by atoms with Gasteiger partial charge in [-0.05, 0) is 25.1 Å². The van der Waals surface area contributed by atoms with Crippen LogP contribution in [0.5, 0.6) is 11.5 Å². The highest BCUT2D eigenvalue weighted by molar-refractivity contribution is 7.84. The van der Waals surface area contributed by atoms with Gasteiger partial charge in [0.2, 0.25) is 6.10 Å². The maximum atomic E-state index is 12.1. The minimum absolute atomic E-state index is 0.165. The normalized spacial score (nSPS) is 19.1. The molecule has 23 heavy (non-hydrogen) atoms. The van der Waals surface area contributed by atoms with Gasteiger partial charge in [0.1, 0.15) is 11.5 Å². The number of ether oxygens (including phenoxy) is 2. The third-order valence-corrected chi connectivity index (χ3v) is 4.99. The van der Waals surface area contributed by atoms with Crippen LogP contribution in [0.1, 0.15) is 26.3 Å². The second kappa shape index (κ2) is 6.01. The van der Waals surface area contributed by atoms with E-state index in [0.29, 0.717) is 11.3 Å². The molecule has 0 saturated carbocycles. The highest BCUT2D eigenvalue weighted by Gasteiger charge is 2.47. The van der Waals surface area contributed by atoms with Gasteiger partial charge in [0.25, 0.3) is 0 Å². The van der Waals surface area contributed by atoms with Crippen LogP contribution in [-0.4, -0.2) is 45.5 Å². The molecule has 1 aromatic carbocycles. The van der Waals surface area contributed by atoms with Crippen LogP contribution in [0.4, 0.5) is 0 Å². The van der Waals surface area contributed by atoms with Crippen molar-refractivity contribution >= 4 is 16.3 Å². The Hall–Kier alpha value is -1.80. The molecular weight excluding hydrogens is 322 g/mol. The van der Waals surface area contributed by atoms with Crippen LogP contribution in [0.25, 0.3) is 0 Å². The first-order chi connectivity index (χ1) is 10.6. The molecule has 0 fully saturated rings. The van der Waals surface area contributed by atoms with Crippen molar-refractivity contribution in [1.82, 2.24) is 4.31 Å². The Balaban J connectivity index is 2.33. The summed E-state index contributed by atoms with van der Waals surface area (Å²) in [6.07, 6.45) is -0.779. The van der Waals surface area contributed by atoms with E-state index < -0.39 is 27.8 Å². The van der Waals surface area contributed by atoms with E-state index in [1.807, 2.05) is 13.8 Å². The number of nitrogens with zero attached hydrogens (tertiary/aromatic N) is 1. The average Bonchev–Trinajstić information content (AvgIpc) is 2.70. The molecule has 2 rings (SSSR count). The number of hydrogen-bond acceptors (Lipinski definition) is 6. The van der Waals surface area contributed by atoms with Crippen LogP contribution < -0.4 is 8.92 Å². The molecule has 8 heteroatoms. The van der Waals surface area contributed by atoms with E-state index in [4.69, 9.17) is 13.7 Å². The molecule has 1 unspecified atom stereocenters. The predicted molar refractivity (Wildman–Crippen MR) is 83.8 cm³/mol. The Kier molecular flexibility index (Phi) is 4.59. The number of carbonyl (C=O) groups excluding carboxylic acids is 1. The van der Waals surface area contributed by atoms with Gasteiger partial charge in [0.05, 0.1) is 6.61 Å². The average molecular weight is 343 g/mol. The molecule has 0 bridgehead atoms. The highest BCUT2D eigenvalue weighted by atomic mass is 32.2. The third-order valence-electron chi connectivity index (χ3n) is 3.69. The van der Waals surface area contributed by atoms with Crippen LogP contribution in [0.3, 0.4) is 0 Å². The minimum Gasteiger partial charge on any atom is -0.477 e. The molecule has 0 aliphatic carbocycles. The smallest absolute Gasteiger partial charge is 0.384 e. The Morgan fingerprint density at radius 3 is 2.57 bits per heavy atom. The van der Waals surface area contributed by atoms with Crippen LogP contribution in [-0.2, 0) is 25.3 Å². The van der Waals surface area contributed by atoms with E-state index in [-0.39, 0.29) is 12.4 Å². The second-order valence-electron chi connectivity index (χ2n) is 5.95. The molecule has 0 spiro atoms. The Bertz CT molecular complexity index is 711. The summed E-state index contributed by atoms with van der Waals surface area (Å²) in [5.41, 5.74) is 0.0325. The number of hydrogen-bond donors (Lipinski definition) is 0. The standard InChI is InChI=1S/C15H21NO6S/c1-6-20-14(17)13-15(2,3)11-9-10(7-8-12(11)21-13)22-23(18,19)16(4)5/h7-9,13H,6H2,1-5H3. The van der Waals surface area contributed by atoms with Crippen molar-refractivity contribution in [3.63, 3.8) is 0 Å². The Morgan fingerprint density at radius 2 is 2.00 bits per heavy atom. The SMILES string of the molecule is CCOC(=O)C1Oc2ccc(OS(=O)(=O)N(C)C)cc2C1(C)C. The van der Waals surface area contributed by atoms with Crippen molar-refractivity contribution in [3.05, 3.63) is 23.8 Å². The van der Waals surface area contributed by atoms with Crippen molar-refractivity contribution < 1.29 is 26.9 Å². The molecule has 1 aliphatic rings. The summed E-state index contributed by atoms with van der Waals surface area (Å²) in [6.45, 7) is 5.67. The van der Waals surface area contributed by atoms with E-state index in [0.717, 1.165) is 4.31 Å². The monoisotopic (exact) mass is 343 g/mol. The van der Waals surface area contributed by atoms with E-state index in [1.165, 1.54) is 20.2 Å². The zero-order valence-corrected chi connectivity index (χ0v) is 14.6. The lowest BCUT2D eigenvalue weighted by Gasteiger charge is -2.24. The van der Waals surface area contributed by atoms with Crippen molar-refractivity contribution in [1.29, 1.82) is 0 Å². The summed E-state index contributed by atoms with van der Waals surface area (Å²) < 4.78 is 40.4. The summed E-state index contributed by atoms with van der Waals surface area (Å²) in [4.78, 5) is 12.1. The van der Waals surface area contributed by atoms with E-state index >= 15 is 0 Å². The van der Waals surface area contributed by atoms with Gasteiger partial charge in [-0.1, -0.05) is 13.8 Å². The first-order valence-corrected chi connectivity index (χ1v) is 8.56. The number of fused-ring (bicyclic) bond motifs is 1. The maximum absolute atomic E-state index is 12.1. The van der Waals surface area contributed by atoms with Crippen molar-refractivity contribution in [2.75, 3.05) is 20.7 Å². The van der Waals surface area contributed by atoms with Gasteiger partial charge >= 0.3 is 16.3 Å². The summed E-state index contributed by atoms with van der Waals surface area (Å²) in [6, 6.07) is 4.66. The van der Waals surface area contributed by atoms with Gasteiger partial charge in [0.15, 0.2) is 0 Å². The van der Waals surface area contributed by atoms with Gasteiger partial charge in [-0.25, -0.2) is 4.79 Å². The number of benzene rings is 1. The highest BCUT2D eigenvalue weighted by Crippen LogP contribution is 2.44. The maximum Gasteiger partial charge on any atom is 0.384 e. The van der Waals surface area contributed by atoms with Gasteiger partial charge in [-0.15, -0.1) is 0 Å². The number of rotatable bonds is 5. The topological polar surface area (TPSA) is 82.1 Å². The molecular formula is C15H21NO6S. The molecule has 7 nitrogen and oxygen atoms in total. The zero-order valence-electron chi connectivity index (χ0n) is 13.8. The number of esters is 1. The molecule has 1 aliphatic heterocycles. The predicted octanol–water partition coefficient (Wildman–Crippen LogP) is 1.47. The fourth-order valence-electron chi connectivity index (χ4n) is 2.34. The van der Waals surface area contributed by atoms with Crippen molar-refractivity contribution in [2.45, 2.75) is 32.3 Å². The van der Waals surface area contributed by atoms with Gasteiger partial charge < -0.3 is 13.7 Å². The fourth-order valence-corrected chi connectivity index (χ4v) is 2.84. The summed E-state index contributed by atoms with van der Waals surface area (Å²) >= 11 is 0. The quantitative estimate of drug-likeness (QED) is 0.753. The van der Waals surface area contributed by atoms with Crippen LogP contribution in [0, 0.1) is 0 Å². The van der Waals surface area contributed by atoms with Crippen molar-refractivity contribution in [3.8, 4) is 11.5 Å². The summed E-state index contributed by atoms with van der Waals surface area (Å²) in [5, 5.41) is 0. The molecule has 1 atom stereocenters. The first-order valence-electron chi connectivity index (χ1n) is 7.19. The summed E-state index contributed by atoms with van der Waals surface area (Å²) in [5.74, 6) is 0.235. The molecule has 1 aromatic rings. The molecule has 128 valence electrons. The lowest BCUT2D eigenvalue weighted by molar-refractivity contribution is -0.153. The summed E-state index contributed by atoms with van der Waals surface area (Å²) in [7, 11) is -1.08. The van der Waals surface area contributed by atoms with E-state index in [2.05, 4.69) is 0 Å². The van der Waals surface area contributed by atoms with Crippen LogP contribution in [0.15, 0.2) is 18.2 Å². The van der Waals surface area contributed by atoms with Crippen molar-refractivity contribution in [2.24, 2.45) is 0 Å². The van der Waals surface area contributed by atoms with Crippen LogP contribution in [0.2, 0.25) is 0 Å². The number of carbonyl (C=O) groups is 1. The lowest BCUT2D eigenvalue weighted by atomic mass is 9.81. The molecule has 0 radical (unpaired) electrons. The molecule has 0 amide bonds. The van der Waals surface area contributed by atoms with E-state index in [1.54, 1.807) is 19.1 Å². The Labute approximate surface area is 136 Å². The van der Waals surface area contributed by atoms with Gasteiger partial charge in [-0.2, -0.15) is 12.7 Å². The molecule has 1 heterocycles. The minimum atomic E-state index is -3.84. The molecule has 0 saturated heterocycles. The third kappa shape index (κ3) is 3.28. The fraction of sp³-hybridized carbons (Fsp3) is 0.533. The van der Waals surface area contributed by atoms with E-state index in [9.17, 15) is 13.2 Å². The Morgan fingerprint density at radius 1 is 1.35 bits per heavy atom. The van der Waals surface area contributed by atoms with Crippen LogP contribution >= 0.6 is 0 Å². The van der Waals surface area contributed by atoms with Gasteiger partial charge in [0, 0.05) is 25.1 Å².